The van der Waals surface area contributed by atoms with Gasteiger partial charge in [0.2, 0.25) is 0 Å². The third-order valence-electron chi connectivity index (χ3n) is 4.64. The van der Waals surface area contributed by atoms with Gasteiger partial charge >= 0.3 is 5.97 Å². The Morgan fingerprint density at radius 3 is 2.52 bits per heavy atom. The molecule has 2 aromatic rings. The molecule has 0 radical (unpaired) electrons. The number of esters is 1. The lowest BCUT2D eigenvalue weighted by molar-refractivity contribution is -0.139. The highest BCUT2D eigenvalue weighted by atomic mass is 16.5. The summed E-state index contributed by atoms with van der Waals surface area (Å²) in [7, 11) is 0. The average Bonchev–Trinajstić information content (AvgIpc) is 2.61. The maximum atomic E-state index is 12.4. The number of hydrogen-bond donors (Lipinski definition) is 1. The first-order valence-electron chi connectivity index (χ1n) is 9.15. The molecule has 0 unspecified atom stereocenters. The molecule has 3 heteroatoms. The fraction of sp³-hybridized carbons (Fsp3) is 0.409. The maximum Gasteiger partial charge on any atom is 0.334 e. The lowest BCUT2D eigenvalue weighted by atomic mass is 9.89. The number of aromatic hydroxyl groups is 1. The number of phenols is 1. The summed E-state index contributed by atoms with van der Waals surface area (Å²) in [4.78, 5) is 12.4. The van der Waals surface area contributed by atoms with Crippen molar-refractivity contribution in [3.63, 3.8) is 0 Å². The molecule has 1 N–H and O–H groups in total. The van der Waals surface area contributed by atoms with Gasteiger partial charge in [-0.1, -0.05) is 45.4 Å². The Balaban J connectivity index is 2.51. The van der Waals surface area contributed by atoms with Crippen LogP contribution in [0, 0.1) is 0 Å². The minimum Gasteiger partial charge on any atom is -0.508 e. The monoisotopic (exact) mass is 340 g/mol. The first-order valence-corrected chi connectivity index (χ1v) is 9.15. The topological polar surface area (TPSA) is 46.5 Å². The number of carbonyl (C=O) groups excluding carboxylic acids is 1. The van der Waals surface area contributed by atoms with Crippen LogP contribution in [-0.2, 0) is 16.0 Å². The molecule has 0 saturated heterocycles. The van der Waals surface area contributed by atoms with Crippen LogP contribution in [0.25, 0.3) is 16.3 Å². The molecule has 0 heterocycles. The van der Waals surface area contributed by atoms with Gasteiger partial charge in [-0.3, -0.25) is 0 Å². The summed E-state index contributed by atoms with van der Waals surface area (Å²) < 4.78 is 5.40. The predicted molar refractivity (Wildman–Crippen MR) is 104 cm³/mol. The van der Waals surface area contributed by atoms with Crippen LogP contribution in [0.2, 0.25) is 0 Å². The Kier molecular flexibility index (Phi) is 6.63. The first kappa shape index (κ1) is 19.0. The Hall–Kier alpha value is -2.29. The number of rotatable bonds is 7. The van der Waals surface area contributed by atoms with Crippen LogP contribution in [0.5, 0.6) is 5.75 Å². The van der Waals surface area contributed by atoms with E-state index in [0.29, 0.717) is 12.2 Å². The first-order chi connectivity index (χ1) is 12.0. The zero-order valence-corrected chi connectivity index (χ0v) is 15.7. The molecular formula is C22H28O3. The molecular weight excluding hydrogens is 312 g/mol. The summed E-state index contributed by atoms with van der Waals surface area (Å²) in [5, 5.41) is 11.8. The summed E-state index contributed by atoms with van der Waals surface area (Å²) >= 11 is 0. The number of allylic oxidation sites excluding steroid dienone is 1. The smallest absolute Gasteiger partial charge is 0.334 e. The van der Waals surface area contributed by atoms with Crippen molar-refractivity contribution < 1.29 is 14.6 Å². The van der Waals surface area contributed by atoms with Crippen molar-refractivity contribution in [1.82, 2.24) is 0 Å². The molecule has 0 spiro atoms. The van der Waals surface area contributed by atoms with Gasteiger partial charge in [0.15, 0.2) is 0 Å². The van der Waals surface area contributed by atoms with E-state index in [2.05, 4.69) is 26.8 Å². The lowest BCUT2D eigenvalue weighted by Crippen LogP contribution is -2.09. The summed E-state index contributed by atoms with van der Waals surface area (Å²) in [5.74, 6) is 0.0439. The summed E-state index contributed by atoms with van der Waals surface area (Å²) in [6, 6.07) is 9.51. The van der Waals surface area contributed by atoms with E-state index >= 15 is 0 Å². The second-order valence-corrected chi connectivity index (χ2v) is 6.30. The molecule has 0 aliphatic heterocycles. The molecule has 0 aliphatic carbocycles. The Morgan fingerprint density at radius 1 is 1.12 bits per heavy atom. The van der Waals surface area contributed by atoms with Crippen molar-refractivity contribution in [3.05, 3.63) is 47.0 Å². The number of fused-ring (bicyclic) bond motifs is 1. The van der Waals surface area contributed by atoms with Gasteiger partial charge in [0.1, 0.15) is 5.75 Å². The van der Waals surface area contributed by atoms with Crippen LogP contribution < -0.4 is 0 Å². The number of unbranched alkanes of at least 4 members (excludes halogenated alkanes) is 1. The lowest BCUT2D eigenvalue weighted by Gasteiger charge is -2.16. The molecule has 2 rings (SSSR count). The fourth-order valence-electron chi connectivity index (χ4n) is 3.24. The van der Waals surface area contributed by atoms with Crippen molar-refractivity contribution in [1.29, 1.82) is 0 Å². The summed E-state index contributed by atoms with van der Waals surface area (Å²) in [6.07, 6.45) is 3.53. The van der Waals surface area contributed by atoms with Gasteiger partial charge in [-0.2, -0.15) is 0 Å². The summed E-state index contributed by atoms with van der Waals surface area (Å²) in [6.45, 7) is 8.59. The Labute approximate surface area is 150 Å². The average molecular weight is 340 g/mol. The summed E-state index contributed by atoms with van der Waals surface area (Å²) in [5.41, 5.74) is 4.03. The van der Waals surface area contributed by atoms with Gasteiger partial charge in [0, 0.05) is 5.57 Å². The normalized spacial score (nSPS) is 12.2. The van der Waals surface area contributed by atoms with Crippen LogP contribution in [0.4, 0.5) is 0 Å². The molecule has 3 nitrogen and oxygen atoms in total. The van der Waals surface area contributed by atoms with E-state index in [-0.39, 0.29) is 11.7 Å². The molecule has 2 aromatic carbocycles. The molecule has 0 bridgehead atoms. The number of benzene rings is 2. The third-order valence-corrected chi connectivity index (χ3v) is 4.64. The number of phenolic OH excluding ortho intramolecular Hbond substituents is 1. The van der Waals surface area contributed by atoms with E-state index < -0.39 is 0 Å². The van der Waals surface area contributed by atoms with E-state index in [4.69, 9.17) is 4.74 Å². The zero-order valence-electron chi connectivity index (χ0n) is 15.7. The highest BCUT2D eigenvalue weighted by molar-refractivity contribution is 5.99. The van der Waals surface area contributed by atoms with Crippen LogP contribution in [0.15, 0.2) is 35.9 Å². The van der Waals surface area contributed by atoms with Crippen molar-refractivity contribution in [2.24, 2.45) is 0 Å². The number of hydrogen-bond acceptors (Lipinski definition) is 3. The molecule has 25 heavy (non-hydrogen) atoms. The quantitative estimate of drug-likeness (QED) is 0.403. The molecule has 0 fully saturated rings. The van der Waals surface area contributed by atoms with E-state index in [1.807, 2.05) is 19.1 Å². The highest BCUT2D eigenvalue weighted by Crippen LogP contribution is 2.33. The van der Waals surface area contributed by atoms with Gasteiger partial charge < -0.3 is 9.84 Å². The fourth-order valence-corrected chi connectivity index (χ4v) is 3.24. The van der Waals surface area contributed by atoms with Crippen molar-refractivity contribution in [2.75, 3.05) is 6.61 Å². The van der Waals surface area contributed by atoms with Gasteiger partial charge in [0.05, 0.1) is 6.61 Å². The number of carbonyl (C=O) groups is 1. The Bertz CT molecular complexity index is 787. The predicted octanol–water partition coefficient (Wildman–Crippen LogP) is 5.63. The van der Waals surface area contributed by atoms with Gasteiger partial charge in [-0.05, 0) is 65.8 Å². The minimum absolute atomic E-state index is 0.224. The van der Waals surface area contributed by atoms with Crippen molar-refractivity contribution in [3.8, 4) is 5.75 Å². The zero-order chi connectivity index (χ0) is 18.4. The molecule has 0 amide bonds. The van der Waals surface area contributed by atoms with E-state index in [1.54, 1.807) is 12.1 Å². The molecule has 0 atom stereocenters. The van der Waals surface area contributed by atoms with Crippen LogP contribution in [0.1, 0.15) is 58.1 Å². The van der Waals surface area contributed by atoms with Crippen LogP contribution in [0.3, 0.4) is 0 Å². The van der Waals surface area contributed by atoms with Gasteiger partial charge in [-0.15, -0.1) is 0 Å². The largest absolute Gasteiger partial charge is 0.508 e. The Morgan fingerprint density at radius 2 is 1.88 bits per heavy atom. The number of ether oxygens (including phenoxy) is 1. The van der Waals surface area contributed by atoms with Crippen LogP contribution in [-0.4, -0.2) is 17.7 Å². The standard InChI is InChI=1S/C22H28O3/c1-5-8-13-25-22(24)15(4)18(6-2)21-11-9-16-14-17(23)10-12-20(16)19(21)7-3/h9-12,14,23H,5-8,13H2,1-4H3/b18-15+. The second-order valence-electron chi connectivity index (χ2n) is 6.30. The molecule has 134 valence electrons. The van der Waals surface area contributed by atoms with Gasteiger partial charge in [0.25, 0.3) is 0 Å². The molecule has 0 saturated carbocycles. The minimum atomic E-state index is -0.224. The number of aryl methyl sites for hydroxylation is 1. The van der Waals surface area contributed by atoms with E-state index in [0.717, 1.165) is 47.6 Å². The van der Waals surface area contributed by atoms with Crippen molar-refractivity contribution in [2.45, 2.75) is 53.4 Å². The van der Waals surface area contributed by atoms with Gasteiger partial charge in [-0.25, -0.2) is 4.79 Å². The van der Waals surface area contributed by atoms with Crippen molar-refractivity contribution >= 4 is 22.3 Å². The molecule has 0 aromatic heterocycles. The van der Waals surface area contributed by atoms with E-state index in [1.165, 1.54) is 5.56 Å². The highest BCUT2D eigenvalue weighted by Gasteiger charge is 2.16. The van der Waals surface area contributed by atoms with E-state index in [9.17, 15) is 9.90 Å². The molecule has 0 aliphatic rings. The third kappa shape index (κ3) is 4.22. The second kappa shape index (κ2) is 8.70. The maximum absolute atomic E-state index is 12.4. The SMILES string of the molecule is CCCCOC(=O)/C(C)=C(\CC)c1ccc2cc(O)ccc2c1CC. The van der Waals surface area contributed by atoms with Crippen LogP contribution >= 0.6 is 0 Å².